The molecule has 10 nitrogen and oxygen atoms in total. The molecule has 0 aromatic rings. The Balaban J connectivity index is 3.58. The summed E-state index contributed by atoms with van der Waals surface area (Å²) >= 11 is 0. The van der Waals surface area contributed by atoms with Gasteiger partial charge in [-0.3, -0.25) is 5.41 Å². The van der Waals surface area contributed by atoms with Crippen LogP contribution in [0.2, 0.25) is 0 Å². The Hall–Kier alpha value is -3.45. The molecule has 0 radical (unpaired) electrons. The first-order chi connectivity index (χ1) is 8.19. The molecule has 0 spiro atoms. The first-order valence-electron chi connectivity index (χ1n) is 3.89. The van der Waals surface area contributed by atoms with E-state index in [0.29, 0.717) is 0 Å². The van der Waals surface area contributed by atoms with Gasteiger partial charge in [-0.1, -0.05) is 0 Å². The normalized spacial score (nSPS) is 13.9. The van der Waals surface area contributed by atoms with Crippen LogP contribution in [0.3, 0.4) is 0 Å². The summed E-state index contributed by atoms with van der Waals surface area (Å²) in [7, 11) is 0. The van der Waals surface area contributed by atoms with Gasteiger partial charge in [0.15, 0.2) is 0 Å². The molecule has 0 aromatic carbocycles. The maximum absolute atomic E-state index is 8.84. The van der Waals surface area contributed by atoms with Crippen molar-refractivity contribution in [3.8, 4) is 12.1 Å². The number of nitrogens with one attached hydrogen (secondary N) is 1. The van der Waals surface area contributed by atoms with Crippen molar-refractivity contribution in [2.45, 2.75) is 0 Å². The number of dihydropyridines is 1. The third-order valence-electron chi connectivity index (χ3n) is 1.66. The smallest absolute Gasteiger partial charge is 0.254 e. The largest absolute Gasteiger partial charge is 0.263 e. The van der Waals surface area contributed by atoms with E-state index in [2.05, 4.69) is 25.0 Å². The molecule has 0 amide bonds. The number of azide groups is 2. The van der Waals surface area contributed by atoms with E-state index in [-0.39, 0.29) is 17.2 Å². The van der Waals surface area contributed by atoms with Crippen molar-refractivity contribution in [1.29, 1.82) is 15.9 Å². The van der Waals surface area contributed by atoms with Gasteiger partial charge < -0.3 is 0 Å². The van der Waals surface area contributed by atoms with Crippen LogP contribution in [0.5, 0.6) is 0 Å². The summed E-state index contributed by atoms with van der Waals surface area (Å²) in [4.78, 5) is 8.33. The Morgan fingerprint density at radius 2 is 1.94 bits per heavy atom. The molecule has 0 saturated carbocycles. The first kappa shape index (κ1) is 11.6. The predicted molar refractivity (Wildman–Crippen MR) is 54.9 cm³/mol. The quantitative estimate of drug-likeness (QED) is 0.309. The van der Waals surface area contributed by atoms with Crippen LogP contribution in [0.4, 0.5) is 0 Å². The average Bonchev–Trinajstić information content (AvgIpc) is 2.30. The van der Waals surface area contributed by atoms with Crippen LogP contribution in [0.1, 0.15) is 0 Å². The second-order valence-corrected chi connectivity index (χ2v) is 2.49. The van der Waals surface area contributed by atoms with E-state index in [9.17, 15) is 0 Å². The van der Waals surface area contributed by atoms with Crippen LogP contribution < -0.4 is 0 Å². The van der Waals surface area contributed by atoms with Gasteiger partial charge in [0.05, 0.1) is 0 Å². The van der Waals surface area contributed by atoms with Gasteiger partial charge in [0.25, 0.3) is 5.84 Å². The highest BCUT2D eigenvalue weighted by molar-refractivity contribution is 6.18. The number of amidine groups is 2. The van der Waals surface area contributed by atoms with Crippen LogP contribution in [0, 0.1) is 34.0 Å². The minimum absolute atomic E-state index is 0.340. The molecule has 1 rings (SSSR count). The lowest BCUT2D eigenvalue weighted by atomic mass is 9.98. The Morgan fingerprint density at radius 1 is 1.29 bits per heavy atom. The molecule has 1 aliphatic heterocycles. The zero-order valence-corrected chi connectivity index (χ0v) is 8.02. The summed E-state index contributed by atoms with van der Waals surface area (Å²) in [6.45, 7) is 0. The van der Waals surface area contributed by atoms with Crippen LogP contribution in [0.15, 0.2) is 26.5 Å². The zero-order chi connectivity index (χ0) is 12.8. The second kappa shape index (κ2) is 4.87. The van der Waals surface area contributed by atoms with Crippen molar-refractivity contribution >= 4 is 11.7 Å². The molecular weight excluding hydrogens is 224 g/mol. The molecule has 0 bridgehead atoms. The van der Waals surface area contributed by atoms with E-state index in [1.807, 2.05) is 0 Å². The Bertz CT molecular complexity index is 610. The molecule has 10 heteroatoms. The summed E-state index contributed by atoms with van der Waals surface area (Å²) in [6.07, 6.45) is 0. The predicted octanol–water partition coefficient (Wildman–Crippen LogP) is 1.87. The van der Waals surface area contributed by atoms with Crippen molar-refractivity contribution in [3.63, 3.8) is 0 Å². The van der Waals surface area contributed by atoms with Gasteiger partial charge in [0, 0.05) is 9.82 Å². The van der Waals surface area contributed by atoms with Gasteiger partial charge >= 0.3 is 0 Å². The molecule has 1 N–H and O–H groups in total. The van der Waals surface area contributed by atoms with Crippen LogP contribution in [0.25, 0.3) is 20.9 Å². The molecule has 0 saturated heterocycles. The summed E-state index contributed by atoms with van der Waals surface area (Å²) in [5.74, 6) is -1.28. The lowest BCUT2D eigenvalue weighted by Gasteiger charge is -2.04. The molecule has 0 fully saturated rings. The Kier molecular flexibility index (Phi) is 3.33. The van der Waals surface area contributed by atoms with Crippen LogP contribution in [-0.2, 0) is 0 Å². The molecule has 1 aliphatic rings. The highest BCUT2D eigenvalue weighted by atomic mass is 15.2. The zero-order valence-electron chi connectivity index (χ0n) is 8.02. The number of aliphatic imine (C=N–C) groups is 1. The maximum atomic E-state index is 8.84. The van der Waals surface area contributed by atoms with Gasteiger partial charge in [-0.15, -0.1) is 0 Å². The highest BCUT2D eigenvalue weighted by Gasteiger charge is 2.40. The first-order valence-corrected chi connectivity index (χ1v) is 3.89. The SMILES string of the molecule is N#CC1=C(N=[N+]=[N-])[C+](C#N)C(=N)N=C1N=[N+]=[N-]. The van der Waals surface area contributed by atoms with Gasteiger partial charge in [-0.2, -0.15) is 15.5 Å². The fourth-order valence-electron chi connectivity index (χ4n) is 1.03. The molecule has 0 atom stereocenters. The molecule has 0 aromatic heterocycles. The van der Waals surface area contributed by atoms with Crippen molar-refractivity contribution < 1.29 is 0 Å². The maximum Gasteiger partial charge on any atom is 0.254 e. The molecule has 1 heterocycles. The summed E-state index contributed by atoms with van der Waals surface area (Å²) in [5.41, 5.74) is 15.9. The number of hydrogen-bond acceptors (Lipinski definition) is 5. The Labute approximate surface area is 93.9 Å². The van der Waals surface area contributed by atoms with E-state index >= 15 is 0 Å². The van der Waals surface area contributed by atoms with Gasteiger partial charge in [0.2, 0.25) is 35.2 Å². The summed E-state index contributed by atoms with van der Waals surface area (Å²) in [5, 5.41) is 31.2. The monoisotopic (exact) mass is 225 g/mol. The lowest BCUT2D eigenvalue weighted by molar-refractivity contribution is 1.17. The third kappa shape index (κ3) is 1.98. The van der Waals surface area contributed by atoms with Crippen molar-refractivity contribution in [1.82, 2.24) is 0 Å². The molecule has 0 aliphatic carbocycles. The number of rotatable bonds is 1. The minimum Gasteiger partial charge on any atom is -0.263 e. The summed E-state index contributed by atoms with van der Waals surface area (Å²) in [6, 6.07) is 3.20. The molecule has 78 valence electrons. The van der Waals surface area contributed by atoms with E-state index in [0.717, 1.165) is 0 Å². The van der Waals surface area contributed by atoms with Crippen molar-refractivity contribution in [3.05, 3.63) is 38.1 Å². The standard InChI is InChI=1S/C7HN10/c8-1-3-5(14-16-11)4(2-9)7(15-17-12)13-6(3)10/h10H/q+1. The fourth-order valence-corrected chi connectivity index (χ4v) is 1.03. The average molecular weight is 225 g/mol. The van der Waals surface area contributed by atoms with E-state index in [1.165, 1.54) is 0 Å². The second-order valence-electron chi connectivity index (χ2n) is 2.49. The van der Waals surface area contributed by atoms with Gasteiger partial charge in [0.1, 0.15) is 0 Å². The fraction of sp³-hybridized carbons (Fsp3) is 0. The lowest BCUT2D eigenvalue weighted by Crippen LogP contribution is -2.20. The van der Waals surface area contributed by atoms with Crippen LogP contribution in [-0.4, -0.2) is 11.7 Å². The van der Waals surface area contributed by atoms with Gasteiger partial charge in [-0.05, 0) is 21.3 Å². The van der Waals surface area contributed by atoms with E-state index < -0.39 is 11.7 Å². The molecule has 17 heavy (non-hydrogen) atoms. The third-order valence-corrected chi connectivity index (χ3v) is 1.66. The number of hydrogen-bond donors (Lipinski definition) is 1. The summed E-state index contributed by atoms with van der Waals surface area (Å²) < 4.78 is 0. The molecular formula is C7HN10+. The minimum atomic E-state index is -0.531. The number of nitriles is 2. The highest BCUT2D eigenvalue weighted by Crippen LogP contribution is 2.26. The van der Waals surface area contributed by atoms with Gasteiger partial charge in [-0.25, -0.2) is 0 Å². The Morgan fingerprint density at radius 3 is 2.41 bits per heavy atom. The van der Waals surface area contributed by atoms with E-state index in [1.54, 1.807) is 12.1 Å². The van der Waals surface area contributed by atoms with E-state index in [4.69, 9.17) is 27.0 Å². The van der Waals surface area contributed by atoms with Crippen molar-refractivity contribution in [2.75, 3.05) is 0 Å². The number of nitrogens with zero attached hydrogens (tertiary/aromatic N) is 9. The topological polar surface area (TPSA) is 181 Å². The van der Waals surface area contributed by atoms with Crippen molar-refractivity contribution in [2.24, 2.45) is 15.2 Å². The molecule has 0 unspecified atom stereocenters. The van der Waals surface area contributed by atoms with Crippen LogP contribution >= 0.6 is 0 Å².